The Labute approximate surface area is 127 Å². The molecule has 0 aromatic heterocycles. The average Bonchev–Trinajstić information content (AvgIpc) is 2.38. The van der Waals surface area contributed by atoms with Crippen LogP contribution in [0.25, 0.3) is 0 Å². The minimum Gasteiger partial charge on any atom is -0.464 e. The molecule has 1 aromatic carbocycles. The van der Waals surface area contributed by atoms with Crippen LogP contribution in [0, 0.1) is 5.41 Å². The van der Waals surface area contributed by atoms with Gasteiger partial charge in [-0.2, -0.15) is 0 Å². The number of carbonyl (C=O) groups excluding carboxylic acids is 2. The normalized spacial score (nSPS) is 11.9. The largest absolute Gasteiger partial charge is 0.464 e. The number of ketones is 1. The molecule has 1 rings (SSSR count). The summed E-state index contributed by atoms with van der Waals surface area (Å²) in [4.78, 5) is 23.8. The third kappa shape index (κ3) is 4.49. The fourth-order valence-electron chi connectivity index (χ4n) is 1.31. The molecule has 0 spiro atoms. The highest BCUT2D eigenvalue weighted by atomic mass is 79.9. The van der Waals surface area contributed by atoms with Crippen molar-refractivity contribution >= 4 is 33.4 Å². The number of anilines is 1. The monoisotopic (exact) mass is 339 g/mol. The molecule has 108 valence electrons. The van der Waals surface area contributed by atoms with Crippen LogP contribution in [0.4, 0.5) is 5.69 Å². The molecule has 5 heteroatoms. The van der Waals surface area contributed by atoms with Crippen molar-refractivity contribution in [3.63, 3.8) is 0 Å². The van der Waals surface area contributed by atoms with E-state index in [4.69, 9.17) is 4.74 Å². The minimum absolute atomic E-state index is 0.110. The van der Waals surface area contributed by atoms with E-state index in [0.717, 1.165) is 4.47 Å². The van der Waals surface area contributed by atoms with Crippen LogP contribution in [-0.2, 0) is 14.3 Å². The van der Waals surface area contributed by atoms with E-state index in [-0.39, 0.29) is 11.5 Å². The molecule has 4 nitrogen and oxygen atoms in total. The summed E-state index contributed by atoms with van der Waals surface area (Å²) in [7, 11) is 1.28. The fraction of sp³-hybridized carbons (Fsp3) is 0.333. The van der Waals surface area contributed by atoms with Gasteiger partial charge in [-0.25, -0.2) is 4.79 Å². The second kappa shape index (κ2) is 6.70. The number of carbonyl (C=O) groups is 2. The third-order valence-corrected chi connectivity index (χ3v) is 3.25. The van der Waals surface area contributed by atoms with Crippen LogP contribution in [0.2, 0.25) is 0 Å². The Kier molecular flexibility index (Phi) is 5.51. The Balaban J connectivity index is 3.09. The molecule has 0 saturated heterocycles. The first-order valence-corrected chi connectivity index (χ1v) is 6.91. The lowest BCUT2D eigenvalue weighted by molar-refractivity contribution is -0.136. The maximum absolute atomic E-state index is 12.0. The zero-order valence-corrected chi connectivity index (χ0v) is 13.6. The quantitative estimate of drug-likeness (QED) is 0.673. The highest BCUT2D eigenvalue weighted by molar-refractivity contribution is 9.10. The molecule has 0 heterocycles. The third-order valence-electron chi connectivity index (χ3n) is 2.56. The lowest BCUT2D eigenvalue weighted by Gasteiger charge is -2.16. The van der Waals surface area contributed by atoms with Gasteiger partial charge in [-0.1, -0.05) is 32.9 Å². The van der Waals surface area contributed by atoms with Crippen molar-refractivity contribution in [3.05, 3.63) is 40.5 Å². The van der Waals surface area contributed by atoms with Crippen molar-refractivity contribution in [2.45, 2.75) is 20.8 Å². The van der Waals surface area contributed by atoms with Gasteiger partial charge in [0.05, 0.1) is 12.8 Å². The first-order valence-electron chi connectivity index (χ1n) is 6.11. The van der Waals surface area contributed by atoms with Gasteiger partial charge in [0.2, 0.25) is 0 Å². The molecule has 0 aliphatic heterocycles. The van der Waals surface area contributed by atoms with E-state index in [1.165, 1.54) is 13.2 Å². The minimum atomic E-state index is -0.585. The molecule has 0 amide bonds. The summed E-state index contributed by atoms with van der Waals surface area (Å²) in [5.74, 6) is -0.740. The molecule has 1 N–H and O–H groups in total. The highest BCUT2D eigenvalue weighted by Gasteiger charge is 2.22. The van der Waals surface area contributed by atoms with Crippen LogP contribution in [0.15, 0.2) is 40.5 Å². The number of esters is 1. The number of halogens is 1. The van der Waals surface area contributed by atoms with Crippen LogP contribution >= 0.6 is 15.9 Å². The van der Waals surface area contributed by atoms with Gasteiger partial charge >= 0.3 is 5.97 Å². The molecule has 0 bridgehead atoms. The Morgan fingerprint density at radius 1 is 1.25 bits per heavy atom. The molecule has 0 unspecified atom stereocenters. The van der Waals surface area contributed by atoms with Crippen molar-refractivity contribution in [2.24, 2.45) is 5.41 Å². The van der Waals surface area contributed by atoms with Gasteiger partial charge in [-0.3, -0.25) is 4.79 Å². The van der Waals surface area contributed by atoms with E-state index in [0.29, 0.717) is 5.69 Å². The smallest absolute Gasteiger partial charge is 0.354 e. The van der Waals surface area contributed by atoms with Gasteiger partial charge in [0.1, 0.15) is 5.70 Å². The predicted octanol–water partition coefficient (Wildman–Crippen LogP) is 3.53. The number of benzene rings is 1. The Morgan fingerprint density at radius 2 is 1.85 bits per heavy atom. The molecule has 0 atom stereocenters. The first kappa shape index (κ1) is 16.4. The number of hydrogen-bond donors (Lipinski definition) is 1. The zero-order chi connectivity index (χ0) is 15.3. The molecule has 0 radical (unpaired) electrons. The highest BCUT2D eigenvalue weighted by Crippen LogP contribution is 2.24. The summed E-state index contributed by atoms with van der Waals surface area (Å²) in [6.07, 6.45) is 1.28. The van der Waals surface area contributed by atoms with Gasteiger partial charge in [0, 0.05) is 16.0 Å². The van der Waals surface area contributed by atoms with Gasteiger partial charge < -0.3 is 10.1 Å². The Bertz CT molecular complexity index is 544. The number of para-hydroxylation sites is 1. The predicted molar refractivity (Wildman–Crippen MR) is 82.3 cm³/mol. The molecule has 0 aliphatic rings. The number of methoxy groups -OCH3 is 1. The van der Waals surface area contributed by atoms with E-state index in [1.54, 1.807) is 26.8 Å². The van der Waals surface area contributed by atoms with Gasteiger partial charge in [-0.15, -0.1) is 0 Å². The number of ether oxygens (including phenoxy) is 1. The van der Waals surface area contributed by atoms with Crippen LogP contribution in [0.1, 0.15) is 20.8 Å². The maximum atomic E-state index is 12.0. The van der Waals surface area contributed by atoms with Crippen molar-refractivity contribution in [3.8, 4) is 0 Å². The molecule has 0 saturated carbocycles. The van der Waals surface area contributed by atoms with Crippen molar-refractivity contribution < 1.29 is 14.3 Å². The summed E-state index contributed by atoms with van der Waals surface area (Å²) in [6, 6.07) is 7.32. The topological polar surface area (TPSA) is 55.4 Å². The summed E-state index contributed by atoms with van der Waals surface area (Å²) in [6.45, 7) is 5.37. The Hall–Kier alpha value is -1.62. The lowest BCUT2D eigenvalue weighted by atomic mass is 9.90. The Morgan fingerprint density at radius 3 is 2.35 bits per heavy atom. The van der Waals surface area contributed by atoms with Crippen LogP contribution < -0.4 is 5.32 Å². The summed E-state index contributed by atoms with van der Waals surface area (Å²) < 4.78 is 5.49. The maximum Gasteiger partial charge on any atom is 0.354 e. The fourth-order valence-corrected chi connectivity index (χ4v) is 1.70. The van der Waals surface area contributed by atoms with Crippen LogP contribution in [0.5, 0.6) is 0 Å². The molecule has 20 heavy (non-hydrogen) atoms. The molecule has 0 aliphatic carbocycles. The van der Waals surface area contributed by atoms with Crippen molar-refractivity contribution in [1.82, 2.24) is 0 Å². The summed E-state index contributed by atoms with van der Waals surface area (Å²) in [5.41, 5.74) is 0.236. The standard InChI is InChI=1S/C15H18BrNO3/c1-15(2,3)13(18)9-12(14(19)20-4)17-11-8-6-5-7-10(11)16/h5-9,17H,1-4H3. The summed E-state index contributed by atoms with van der Waals surface area (Å²) >= 11 is 3.37. The van der Waals surface area contributed by atoms with Crippen LogP contribution in [0.3, 0.4) is 0 Å². The zero-order valence-electron chi connectivity index (χ0n) is 12.0. The van der Waals surface area contributed by atoms with E-state index in [9.17, 15) is 9.59 Å². The van der Waals surface area contributed by atoms with Crippen molar-refractivity contribution in [2.75, 3.05) is 12.4 Å². The van der Waals surface area contributed by atoms with Crippen molar-refractivity contribution in [1.29, 1.82) is 0 Å². The average molecular weight is 340 g/mol. The lowest BCUT2D eigenvalue weighted by Crippen LogP contribution is -2.22. The molecular weight excluding hydrogens is 322 g/mol. The summed E-state index contributed by atoms with van der Waals surface area (Å²) in [5, 5.41) is 2.92. The molecule has 1 aromatic rings. The second-order valence-electron chi connectivity index (χ2n) is 5.27. The molecular formula is C15H18BrNO3. The van der Waals surface area contributed by atoms with Gasteiger partial charge in [-0.05, 0) is 28.1 Å². The number of rotatable bonds is 4. The molecule has 0 fully saturated rings. The van der Waals surface area contributed by atoms with Crippen LogP contribution in [-0.4, -0.2) is 18.9 Å². The number of hydrogen-bond acceptors (Lipinski definition) is 4. The second-order valence-corrected chi connectivity index (χ2v) is 6.12. The number of nitrogens with one attached hydrogen (secondary N) is 1. The van der Waals surface area contributed by atoms with E-state index < -0.39 is 11.4 Å². The van der Waals surface area contributed by atoms with E-state index in [1.807, 2.05) is 18.2 Å². The van der Waals surface area contributed by atoms with E-state index in [2.05, 4.69) is 21.2 Å². The van der Waals surface area contributed by atoms with E-state index >= 15 is 0 Å². The SMILES string of the molecule is COC(=O)C(=CC(=O)C(C)(C)C)Nc1ccccc1Br. The number of allylic oxidation sites excluding steroid dienone is 1. The van der Waals surface area contributed by atoms with Gasteiger partial charge in [0.15, 0.2) is 5.78 Å². The first-order chi connectivity index (χ1) is 9.25. The van der Waals surface area contributed by atoms with Gasteiger partial charge in [0.25, 0.3) is 0 Å².